The fourth-order valence-electron chi connectivity index (χ4n) is 4.46. The van der Waals surface area contributed by atoms with Gasteiger partial charge in [-0.3, -0.25) is 19.5 Å². The molecule has 0 aromatic heterocycles. The number of likely N-dealkylation sites (N-methyl/N-ethyl adjacent to an activating group) is 2. The molecule has 8 heteroatoms. The van der Waals surface area contributed by atoms with Crippen molar-refractivity contribution < 1.29 is 19.1 Å². The number of amides is 2. The third-order valence-corrected chi connectivity index (χ3v) is 6.76. The SMILES string of the molecule is CCN(CC)CC(=O)N(C)c1ccc(N=C(c2ccccc2)C2C(=O)Nc3cc(C(=O)OC)ccc32)cc1. The Balaban J connectivity index is 1.67. The molecule has 4 rings (SSSR count). The van der Waals surface area contributed by atoms with E-state index in [2.05, 4.69) is 10.2 Å². The number of hydrogen-bond donors (Lipinski definition) is 1. The molecule has 0 radical (unpaired) electrons. The number of esters is 1. The average molecular weight is 513 g/mol. The lowest BCUT2D eigenvalue weighted by molar-refractivity contribution is -0.119. The lowest BCUT2D eigenvalue weighted by Crippen LogP contribution is -2.38. The maximum absolute atomic E-state index is 13.2. The van der Waals surface area contributed by atoms with Gasteiger partial charge in [-0.25, -0.2) is 4.79 Å². The van der Waals surface area contributed by atoms with E-state index in [0.717, 1.165) is 29.9 Å². The van der Waals surface area contributed by atoms with Gasteiger partial charge >= 0.3 is 5.97 Å². The third-order valence-electron chi connectivity index (χ3n) is 6.76. The molecule has 1 aliphatic heterocycles. The van der Waals surface area contributed by atoms with E-state index in [-0.39, 0.29) is 11.8 Å². The minimum atomic E-state index is -0.655. The number of benzene rings is 3. The van der Waals surface area contributed by atoms with Crippen LogP contribution in [0.3, 0.4) is 0 Å². The number of carbonyl (C=O) groups excluding carboxylic acids is 3. The number of fused-ring (bicyclic) bond motifs is 1. The molecule has 1 aliphatic rings. The summed E-state index contributed by atoms with van der Waals surface area (Å²) in [5.74, 6) is -1.33. The molecule has 1 N–H and O–H groups in total. The highest BCUT2D eigenvalue weighted by Crippen LogP contribution is 2.37. The standard InChI is InChI=1S/C30H32N4O4/c1-5-34(6-2)19-26(35)33(3)23-15-13-22(14-16-23)31-28(20-10-8-7-9-11-20)27-24-17-12-21(30(37)38-4)18-25(24)32-29(27)36/h7-18,27H,5-6,19H2,1-4H3,(H,32,36). The second-order valence-corrected chi connectivity index (χ2v) is 9.01. The maximum atomic E-state index is 13.2. The van der Waals surface area contributed by atoms with Crippen molar-refractivity contribution in [3.63, 3.8) is 0 Å². The van der Waals surface area contributed by atoms with E-state index in [0.29, 0.717) is 29.2 Å². The first kappa shape index (κ1) is 26.8. The summed E-state index contributed by atoms with van der Waals surface area (Å²) in [6.45, 7) is 6.06. The van der Waals surface area contributed by atoms with Gasteiger partial charge in [0.1, 0.15) is 5.92 Å². The van der Waals surface area contributed by atoms with Crippen LogP contribution >= 0.6 is 0 Å². The Morgan fingerprint density at radius 3 is 2.26 bits per heavy atom. The Kier molecular flexibility index (Phi) is 8.33. The van der Waals surface area contributed by atoms with Crippen LogP contribution in [-0.4, -0.2) is 62.2 Å². The first-order valence-electron chi connectivity index (χ1n) is 12.6. The smallest absolute Gasteiger partial charge is 0.337 e. The monoisotopic (exact) mass is 512 g/mol. The van der Waals surface area contributed by atoms with Gasteiger partial charge in [-0.2, -0.15) is 0 Å². The molecule has 0 fully saturated rings. The molecule has 8 nitrogen and oxygen atoms in total. The first-order chi connectivity index (χ1) is 18.4. The number of nitrogens with one attached hydrogen (secondary N) is 1. The van der Waals surface area contributed by atoms with Crippen LogP contribution in [0.5, 0.6) is 0 Å². The molecule has 1 unspecified atom stereocenters. The summed E-state index contributed by atoms with van der Waals surface area (Å²) in [5, 5.41) is 2.89. The van der Waals surface area contributed by atoms with Crippen LogP contribution in [0.2, 0.25) is 0 Å². The van der Waals surface area contributed by atoms with Crippen LogP contribution in [0.4, 0.5) is 17.1 Å². The molecule has 0 saturated heterocycles. The van der Waals surface area contributed by atoms with Gasteiger partial charge < -0.3 is 15.0 Å². The minimum absolute atomic E-state index is 0.0143. The Morgan fingerprint density at radius 1 is 0.947 bits per heavy atom. The van der Waals surface area contributed by atoms with Crippen molar-refractivity contribution in [1.82, 2.24) is 4.90 Å². The van der Waals surface area contributed by atoms with Crippen molar-refractivity contribution in [1.29, 1.82) is 0 Å². The summed E-state index contributed by atoms with van der Waals surface area (Å²) < 4.78 is 4.81. The number of hydrogen-bond acceptors (Lipinski definition) is 6. The summed E-state index contributed by atoms with van der Waals surface area (Å²) >= 11 is 0. The van der Waals surface area contributed by atoms with Crippen LogP contribution in [-0.2, 0) is 14.3 Å². The molecule has 3 aromatic carbocycles. The molecule has 3 aromatic rings. The fraction of sp³-hybridized carbons (Fsp3) is 0.267. The largest absolute Gasteiger partial charge is 0.465 e. The number of anilines is 2. The summed E-state index contributed by atoms with van der Waals surface area (Å²) in [6.07, 6.45) is 0. The zero-order valence-corrected chi connectivity index (χ0v) is 22.1. The van der Waals surface area contributed by atoms with Crippen molar-refractivity contribution in [2.24, 2.45) is 4.99 Å². The van der Waals surface area contributed by atoms with Gasteiger partial charge in [-0.15, -0.1) is 0 Å². The van der Waals surface area contributed by atoms with Gasteiger partial charge in [0, 0.05) is 18.4 Å². The normalized spacial score (nSPS) is 14.7. The summed E-state index contributed by atoms with van der Waals surface area (Å²) in [7, 11) is 3.09. The number of ether oxygens (including phenoxy) is 1. The third kappa shape index (κ3) is 5.65. The highest BCUT2D eigenvalue weighted by Gasteiger charge is 2.36. The number of carbonyl (C=O) groups is 3. The predicted octanol–water partition coefficient (Wildman–Crippen LogP) is 4.63. The van der Waals surface area contributed by atoms with Crippen molar-refractivity contribution in [2.45, 2.75) is 19.8 Å². The topological polar surface area (TPSA) is 91.3 Å². The van der Waals surface area contributed by atoms with E-state index in [1.165, 1.54) is 7.11 Å². The highest BCUT2D eigenvalue weighted by atomic mass is 16.5. The van der Waals surface area contributed by atoms with Gasteiger partial charge in [0.15, 0.2) is 0 Å². The second-order valence-electron chi connectivity index (χ2n) is 9.01. The average Bonchev–Trinajstić information content (AvgIpc) is 3.28. The van der Waals surface area contributed by atoms with Crippen LogP contribution in [0.1, 0.15) is 41.3 Å². The van der Waals surface area contributed by atoms with Crippen LogP contribution in [0.25, 0.3) is 0 Å². The molecule has 38 heavy (non-hydrogen) atoms. The fourth-order valence-corrected chi connectivity index (χ4v) is 4.46. The van der Waals surface area contributed by atoms with E-state index < -0.39 is 11.9 Å². The van der Waals surface area contributed by atoms with Crippen molar-refractivity contribution in [3.8, 4) is 0 Å². The molecular weight excluding hydrogens is 480 g/mol. The van der Waals surface area contributed by atoms with Crippen molar-refractivity contribution in [2.75, 3.05) is 44.0 Å². The maximum Gasteiger partial charge on any atom is 0.337 e. The number of methoxy groups -OCH3 is 1. The summed E-state index contributed by atoms with van der Waals surface area (Å²) in [5.41, 5.74) is 4.49. The van der Waals surface area contributed by atoms with Gasteiger partial charge in [0.05, 0.1) is 30.6 Å². The van der Waals surface area contributed by atoms with E-state index in [4.69, 9.17) is 9.73 Å². The molecular formula is C30H32N4O4. The van der Waals surface area contributed by atoms with Crippen LogP contribution in [0.15, 0.2) is 77.8 Å². The zero-order chi connectivity index (χ0) is 27.2. The van der Waals surface area contributed by atoms with Crippen LogP contribution < -0.4 is 10.2 Å². The van der Waals surface area contributed by atoms with Gasteiger partial charge in [0.2, 0.25) is 11.8 Å². The van der Waals surface area contributed by atoms with Gasteiger partial charge in [-0.05, 0) is 60.6 Å². The Hall–Kier alpha value is -4.30. The van der Waals surface area contributed by atoms with E-state index in [9.17, 15) is 14.4 Å². The Labute approximate surface area is 222 Å². The van der Waals surface area contributed by atoms with Crippen molar-refractivity contribution in [3.05, 3.63) is 89.5 Å². The Morgan fingerprint density at radius 2 is 1.63 bits per heavy atom. The number of aliphatic imine (C=N–C) groups is 1. The molecule has 2 amide bonds. The predicted molar refractivity (Wildman–Crippen MR) is 149 cm³/mol. The number of rotatable bonds is 9. The van der Waals surface area contributed by atoms with E-state index in [1.54, 1.807) is 30.1 Å². The molecule has 0 spiro atoms. The molecule has 0 aliphatic carbocycles. The molecule has 1 heterocycles. The quantitative estimate of drug-likeness (QED) is 0.333. The summed E-state index contributed by atoms with van der Waals surface area (Å²) in [6, 6.07) is 22.0. The van der Waals surface area contributed by atoms with E-state index in [1.807, 2.05) is 68.4 Å². The Bertz CT molecular complexity index is 1350. The lowest BCUT2D eigenvalue weighted by Gasteiger charge is -2.23. The molecule has 0 saturated carbocycles. The van der Waals surface area contributed by atoms with Gasteiger partial charge in [-0.1, -0.05) is 50.2 Å². The second kappa shape index (κ2) is 11.8. The first-order valence-corrected chi connectivity index (χ1v) is 12.6. The molecule has 1 atom stereocenters. The molecule has 196 valence electrons. The van der Waals surface area contributed by atoms with Crippen LogP contribution in [0, 0.1) is 0 Å². The van der Waals surface area contributed by atoms with Crippen molar-refractivity contribution >= 4 is 40.6 Å². The summed E-state index contributed by atoms with van der Waals surface area (Å²) in [4.78, 5) is 46.5. The van der Waals surface area contributed by atoms with Gasteiger partial charge in [0.25, 0.3) is 0 Å². The van der Waals surface area contributed by atoms with E-state index >= 15 is 0 Å². The zero-order valence-electron chi connectivity index (χ0n) is 22.1. The highest BCUT2D eigenvalue weighted by molar-refractivity contribution is 6.24. The lowest BCUT2D eigenvalue weighted by atomic mass is 9.90. The minimum Gasteiger partial charge on any atom is -0.465 e. The number of nitrogens with zero attached hydrogens (tertiary/aromatic N) is 3. The molecule has 0 bridgehead atoms.